The van der Waals surface area contributed by atoms with E-state index in [-0.39, 0.29) is 17.9 Å². The number of fused-ring (bicyclic) bond motifs is 3. The van der Waals surface area contributed by atoms with Gasteiger partial charge in [-0.15, -0.1) is 0 Å². The van der Waals surface area contributed by atoms with Gasteiger partial charge in [-0.05, 0) is 27.7 Å². The number of aliphatic hydroxyl groups is 1. The monoisotopic (exact) mass is 238 g/mol. The third-order valence-corrected chi connectivity index (χ3v) is 4.02. The Morgan fingerprint density at radius 2 is 1.33 bits per heavy atom. The lowest BCUT2D eigenvalue weighted by molar-refractivity contribution is 0.144. The summed E-state index contributed by atoms with van der Waals surface area (Å²) in [6, 6.07) is 17.1. The lowest BCUT2D eigenvalue weighted by Crippen LogP contribution is -2.25. The van der Waals surface area contributed by atoms with Gasteiger partial charge in [0.2, 0.25) is 0 Å². The lowest BCUT2D eigenvalue weighted by Gasteiger charge is -2.31. The molecule has 0 radical (unpaired) electrons. The minimum Gasteiger partial charge on any atom is -0.396 e. The molecule has 2 aromatic rings. The molecule has 1 nitrogen and oxygen atoms in total. The van der Waals surface area contributed by atoms with E-state index in [4.69, 9.17) is 0 Å². The normalized spacial score (nSPS) is 14.4. The number of hydrogen-bond donors (Lipinski definition) is 1. The second-order valence-corrected chi connectivity index (χ2v) is 5.75. The number of hydrogen-bond acceptors (Lipinski definition) is 1. The molecule has 3 rings (SSSR count). The molecule has 1 heteroatoms. The Bertz CT molecular complexity index is 538. The Morgan fingerprint density at radius 1 is 0.889 bits per heavy atom. The van der Waals surface area contributed by atoms with Crippen molar-refractivity contribution in [2.45, 2.75) is 19.8 Å². The van der Waals surface area contributed by atoms with Crippen molar-refractivity contribution in [2.24, 2.45) is 5.41 Å². The van der Waals surface area contributed by atoms with Crippen molar-refractivity contribution in [3.8, 4) is 11.1 Å². The Kier molecular flexibility index (Phi) is 2.53. The zero-order valence-corrected chi connectivity index (χ0v) is 10.9. The van der Waals surface area contributed by atoms with Gasteiger partial charge >= 0.3 is 0 Å². The molecule has 18 heavy (non-hydrogen) atoms. The van der Waals surface area contributed by atoms with Crippen molar-refractivity contribution >= 4 is 0 Å². The fourth-order valence-electron chi connectivity index (χ4n) is 3.09. The fourth-order valence-corrected chi connectivity index (χ4v) is 3.09. The molecule has 0 unspecified atom stereocenters. The summed E-state index contributed by atoms with van der Waals surface area (Å²) < 4.78 is 0. The van der Waals surface area contributed by atoms with Gasteiger partial charge in [0.05, 0.1) is 0 Å². The summed E-state index contributed by atoms with van der Waals surface area (Å²) >= 11 is 0. The second-order valence-electron chi connectivity index (χ2n) is 5.75. The lowest BCUT2D eigenvalue weighted by atomic mass is 9.74. The van der Waals surface area contributed by atoms with Crippen LogP contribution < -0.4 is 0 Å². The molecule has 0 aliphatic heterocycles. The highest BCUT2D eigenvalue weighted by Crippen LogP contribution is 2.52. The summed E-state index contributed by atoms with van der Waals surface area (Å²) in [6.07, 6.45) is 0. The predicted molar refractivity (Wildman–Crippen MR) is 74.6 cm³/mol. The average Bonchev–Trinajstić information content (AvgIpc) is 2.74. The van der Waals surface area contributed by atoms with Crippen LogP contribution in [0.2, 0.25) is 0 Å². The van der Waals surface area contributed by atoms with Crippen molar-refractivity contribution in [1.29, 1.82) is 0 Å². The van der Waals surface area contributed by atoms with Crippen molar-refractivity contribution < 1.29 is 5.11 Å². The van der Waals surface area contributed by atoms with Gasteiger partial charge in [-0.2, -0.15) is 0 Å². The number of aliphatic hydroxyl groups excluding tert-OH is 1. The van der Waals surface area contributed by atoms with Crippen LogP contribution in [0.25, 0.3) is 11.1 Å². The van der Waals surface area contributed by atoms with Crippen LogP contribution in [0.5, 0.6) is 0 Å². The van der Waals surface area contributed by atoms with Crippen LogP contribution in [0.4, 0.5) is 0 Å². The van der Waals surface area contributed by atoms with Crippen molar-refractivity contribution in [3.63, 3.8) is 0 Å². The first-order chi connectivity index (χ1) is 8.65. The molecule has 0 fully saturated rings. The van der Waals surface area contributed by atoms with Crippen LogP contribution in [0.1, 0.15) is 30.9 Å². The maximum Gasteiger partial charge on any atom is 0.0491 e. The van der Waals surface area contributed by atoms with Crippen LogP contribution in [0, 0.1) is 5.41 Å². The largest absolute Gasteiger partial charge is 0.396 e. The van der Waals surface area contributed by atoms with Gasteiger partial charge < -0.3 is 5.11 Å². The van der Waals surface area contributed by atoms with E-state index >= 15 is 0 Å². The van der Waals surface area contributed by atoms with Gasteiger partial charge in [-0.25, -0.2) is 0 Å². The van der Waals surface area contributed by atoms with E-state index in [1.165, 1.54) is 22.3 Å². The maximum atomic E-state index is 9.71. The Balaban J connectivity index is 2.27. The van der Waals surface area contributed by atoms with E-state index in [9.17, 15) is 5.11 Å². The third kappa shape index (κ3) is 1.51. The molecule has 2 aromatic carbocycles. The molecule has 0 spiro atoms. The summed E-state index contributed by atoms with van der Waals surface area (Å²) in [4.78, 5) is 0. The number of rotatable bonds is 2. The molecule has 1 aliphatic rings. The van der Waals surface area contributed by atoms with Crippen molar-refractivity contribution in [2.75, 3.05) is 6.61 Å². The minimum absolute atomic E-state index is 0.136. The summed E-state index contributed by atoms with van der Waals surface area (Å²) in [6.45, 7) is 4.47. The molecule has 0 saturated heterocycles. The zero-order chi connectivity index (χ0) is 12.8. The fraction of sp³-hybridized carbons (Fsp3) is 0.294. The van der Waals surface area contributed by atoms with Crippen molar-refractivity contribution in [3.05, 3.63) is 59.7 Å². The molecular formula is C17H18O. The van der Waals surface area contributed by atoms with E-state index in [0.29, 0.717) is 0 Å². The van der Waals surface area contributed by atoms with Crippen LogP contribution >= 0.6 is 0 Å². The molecule has 0 amide bonds. The standard InChI is InChI=1S/C17H18O/c1-17(2,11-18)16-14-9-5-3-7-12(14)13-8-4-6-10-15(13)16/h3-10,16,18H,11H2,1-2H3. The predicted octanol–water partition coefficient (Wildman–Crippen LogP) is 3.82. The zero-order valence-electron chi connectivity index (χ0n) is 10.9. The third-order valence-electron chi connectivity index (χ3n) is 4.02. The van der Waals surface area contributed by atoms with Gasteiger partial charge in [0.25, 0.3) is 0 Å². The van der Waals surface area contributed by atoms with Gasteiger partial charge in [0.1, 0.15) is 0 Å². The van der Waals surface area contributed by atoms with Gasteiger partial charge in [0.15, 0.2) is 0 Å². The molecule has 92 valence electrons. The average molecular weight is 238 g/mol. The van der Waals surface area contributed by atoms with Crippen LogP contribution in [0.15, 0.2) is 48.5 Å². The van der Waals surface area contributed by atoms with E-state index in [2.05, 4.69) is 62.4 Å². The molecule has 1 aliphatic carbocycles. The first kappa shape index (κ1) is 11.5. The maximum absolute atomic E-state index is 9.71. The smallest absolute Gasteiger partial charge is 0.0491 e. The Hall–Kier alpha value is -1.60. The first-order valence-corrected chi connectivity index (χ1v) is 6.44. The number of benzene rings is 2. The van der Waals surface area contributed by atoms with E-state index in [0.717, 1.165) is 0 Å². The first-order valence-electron chi connectivity index (χ1n) is 6.44. The highest BCUT2D eigenvalue weighted by molar-refractivity contribution is 5.79. The molecule has 1 N–H and O–H groups in total. The van der Waals surface area contributed by atoms with E-state index < -0.39 is 0 Å². The summed E-state index contributed by atoms with van der Waals surface area (Å²) in [5.41, 5.74) is 5.19. The summed E-state index contributed by atoms with van der Waals surface area (Å²) in [7, 11) is 0. The van der Waals surface area contributed by atoms with Gasteiger partial charge in [-0.1, -0.05) is 62.4 Å². The van der Waals surface area contributed by atoms with Gasteiger partial charge in [-0.3, -0.25) is 0 Å². The topological polar surface area (TPSA) is 20.2 Å². The van der Waals surface area contributed by atoms with E-state index in [1.54, 1.807) is 0 Å². The molecule has 0 atom stereocenters. The van der Waals surface area contributed by atoms with Crippen LogP contribution in [-0.2, 0) is 0 Å². The molecule has 0 saturated carbocycles. The van der Waals surface area contributed by atoms with E-state index in [1.807, 2.05) is 0 Å². The molecule has 0 bridgehead atoms. The van der Waals surface area contributed by atoms with Crippen molar-refractivity contribution in [1.82, 2.24) is 0 Å². The molecular weight excluding hydrogens is 220 g/mol. The SMILES string of the molecule is CC(C)(CO)C1c2ccccc2-c2ccccc21. The quantitative estimate of drug-likeness (QED) is 0.843. The van der Waals surface area contributed by atoms with Gasteiger partial charge in [0, 0.05) is 12.5 Å². The summed E-state index contributed by atoms with van der Waals surface area (Å²) in [5.74, 6) is 0.287. The van der Waals surface area contributed by atoms with Crippen LogP contribution in [0.3, 0.4) is 0 Å². The second kappa shape index (κ2) is 3.96. The van der Waals surface area contributed by atoms with Crippen LogP contribution in [-0.4, -0.2) is 11.7 Å². The highest BCUT2D eigenvalue weighted by atomic mass is 16.3. The summed E-state index contributed by atoms with van der Waals surface area (Å²) in [5, 5.41) is 9.71. The Labute approximate surface area is 108 Å². The molecule has 0 heterocycles. The Morgan fingerprint density at radius 3 is 1.78 bits per heavy atom. The highest BCUT2D eigenvalue weighted by Gasteiger charge is 2.38. The minimum atomic E-state index is -0.136. The molecule has 0 aromatic heterocycles.